The van der Waals surface area contributed by atoms with Crippen LogP contribution in [0.5, 0.6) is 5.75 Å². The first-order valence-corrected chi connectivity index (χ1v) is 9.83. The van der Waals surface area contributed by atoms with Crippen molar-refractivity contribution in [2.75, 3.05) is 19.7 Å². The summed E-state index contributed by atoms with van der Waals surface area (Å²) in [6.45, 7) is 1.04. The Hall–Kier alpha value is -2.44. The van der Waals surface area contributed by atoms with Crippen molar-refractivity contribution in [2.24, 2.45) is 0 Å². The summed E-state index contributed by atoms with van der Waals surface area (Å²) in [5.74, 6) is 0.281. The number of hydrogen-bond acceptors (Lipinski definition) is 3. The number of nitrogens with zero attached hydrogens (tertiary/aromatic N) is 2. The van der Waals surface area contributed by atoms with Gasteiger partial charge in [0.05, 0.1) is 16.1 Å². The van der Waals surface area contributed by atoms with Gasteiger partial charge >= 0.3 is 5.69 Å². The van der Waals surface area contributed by atoms with Crippen LogP contribution < -0.4 is 10.4 Å². The molecule has 0 bridgehead atoms. The third-order valence-electron chi connectivity index (χ3n) is 5.05. The lowest BCUT2D eigenvalue weighted by atomic mass is 10.0. The lowest BCUT2D eigenvalue weighted by Gasteiger charge is -2.32. The molecule has 0 aliphatic carbocycles. The summed E-state index contributed by atoms with van der Waals surface area (Å²) in [5.41, 5.74) is 1.62. The van der Waals surface area contributed by atoms with Crippen LogP contribution in [0, 0.1) is 0 Å². The summed E-state index contributed by atoms with van der Waals surface area (Å²) in [5, 5.41) is 0.909. The van der Waals surface area contributed by atoms with E-state index in [0.29, 0.717) is 41.7 Å². The number of H-pyrrole nitrogens is 1. The quantitative estimate of drug-likeness (QED) is 0.697. The normalized spacial score (nSPS) is 15.1. The zero-order valence-corrected chi connectivity index (χ0v) is 16.5. The lowest BCUT2D eigenvalue weighted by Crippen LogP contribution is -2.42. The highest BCUT2D eigenvalue weighted by Crippen LogP contribution is 2.28. The first-order chi connectivity index (χ1) is 13.5. The first kappa shape index (κ1) is 18.9. The average molecular weight is 420 g/mol. The van der Waals surface area contributed by atoms with Crippen LogP contribution in [0.3, 0.4) is 0 Å². The minimum Gasteiger partial charge on any atom is -0.482 e. The second-order valence-corrected chi connectivity index (χ2v) is 7.64. The Labute approximate surface area is 171 Å². The molecular weight excluding hydrogens is 401 g/mol. The average Bonchev–Trinajstić information content (AvgIpc) is 3.04. The predicted octanol–water partition coefficient (Wildman–Crippen LogP) is 3.88. The van der Waals surface area contributed by atoms with E-state index in [9.17, 15) is 9.59 Å². The number of aromatic nitrogens is 2. The third-order valence-corrected chi connectivity index (χ3v) is 5.60. The van der Waals surface area contributed by atoms with Gasteiger partial charge in [0.2, 0.25) is 0 Å². The number of carbonyl (C=O) groups excluding carboxylic acids is 1. The highest BCUT2D eigenvalue weighted by molar-refractivity contribution is 6.34. The van der Waals surface area contributed by atoms with Gasteiger partial charge in [-0.05, 0) is 37.1 Å². The van der Waals surface area contributed by atoms with E-state index in [1.165, 1.54) is 0 Å². The van der Waals surface area contributed by atoms with Crippen LogP contribution >= 0.6 is 23.2 Å². The molecule has 1 amide bonds. The van der Waals surface area contributed by atoms with Gasteiger partial charge in [-0.15, -0.1) is 0 Å². The van der Waals surface area contributed by atoms with Crippen molar-refractivity contribution in [3.63, 3.8) is 0 Å². The SMILES string of the molecule is O=C(COc1cc(Cl)ccc1Cl)N1CCC(n2c(=O)[nH]c3ccccc32)CC1. The maximum absolute atomic E-state index is 12.5. The molecule has 0 radical (unpaired) electrons. The van der Waals surface area contributed by atoms with E-state index in [1.54, 1.807) is 27.7 Å². The van der Waals surface area contributed by atoms with E-state index >= 15 is 0 Å². The number of rotatable bonds is 4. The maximum atomic E-state index is 12.5. The second kappa shape index (κ2) is 7.89. The maximum Gasteiger partial charge on any atom is 0.326 e. The number of aromatic amines is 1. The van der Waals surface area contributed by atoms with E-state index < -0.39 is 0 Å². The number of hydrogen-bond donors (Lipinski definition) is 1. The minimum atomic E-state index is -0.110. The molecular formula is C20H19Cl2N3O3. The van der Waals surface area contributed by atoms with Crippen molar-refractivity contribution >= 4 is 40.1 Å². The van der Waals surface area contributed by atoms with Crippen molar-refractivity contribution in [3.8, 4) is 5.75 Å². The Bertz CT molecular complexity index is 1070. The first-order valence-electron chi connectivity index (χ1n) is 9.08. The predicted molar refractivity (Wildman–Crippen MR) is 109 cm³/mol. The van der Waals surface area contributed by atoms with Crippen molar-refractivity contribution in [1.29, 1.82) is 0 Å². The zero-order valence-electron chi connectivity index (χ0n) is 15.0. The number of halogens is 2. The molecule has 3 aromatic rings. The molecule has 1 N–H and O–H groups in total. The smallest absolute Gasteiger partial charge is 0.326 e. The molecule has 0 saturated carbocycles. The van der Waals surface area contributed by atoms with Gasteiger partial charge in [-0.2, -0.15) is 0 Å². The largest absolute Gasteiger partial charge is 0.482 e. The van der Waals surface area contributed by atoms with Gasteiger partial charge in [-0.3, -0.25) is 9.36 Å². The Kier molecular flexibility index (Phi) is 5.33. The molecule has 0 atom stereocenters. The molecule has 2 heterocycles. The van der Waals surface area contributed by atoms with Gasteiger partial charge in [-0.25, -0.2) is 4.79 Å². The highest BCUT2D eigenvalue weighted by atomic mass is 35.5. The summed E-state index contributed by atoms with van der Waals surface area (Å²) in [7, 11) is 0. The second-order valence-electron chi connectivity index (χ2n) is 6.79. The topological polar surface area (TPSA) is 67.3 Å². The van der Waals surface area contributed by atoms with E-state index in [1.807, 2.05) is 24.3 Å². The number of ether oxygens (including phenoxy) is 1. The summed E-state index contributed by atoms with van der Waals surface area (Å²) in [6, 6.07) is 12.6. The van der Waals surface area contributed by atoms with Crippen LogP contribution in [-0.2, 0) is 4.79 Å². The Balaban J connectivity index is 1.38. The number of para-hydroxylation sites is 2. The number of likely N-dealkylation sites (tertiary alicyclic amines) is 1. The molecule has 1 aromatic heterocycles. The van der Waals surface area contributed by atoms with Crippen molar-refractivity contribution in [3.05, 3.63) is 63.0 Å². The molecule has 6 nitrogen and oxygen atoms in total. The summed E-state index contributed by atoms with van der Waals surface area (Å²) in [4.78, 5) is 29.5. The van der Waals surface area contributed by atoms with Crippen LogP contribution in [0.4, 0.5) is 0 Å². The fourth-order valence-corrected chi connectivity index (χ4v) is 3.96. The highest BCUT2D eigenvalue weighted by Gasteiger charge is 2.26. The Morgan fingerprint density at radius 1 is 1.14 bits per heavy atom. The van der Waals surface area contributed by atoms with Gasteiger partial charge in [0, 0.05) is 30.2 Å². The molecule has 0 spiro atoms. The minimum absolute atomic E-state index is 0.0657. The van der Waals surface area contributed by atoms with Crippen molar-refractivity contribution in [1.82, 2.24) is 14.5 Å². The summed E-state index contributed by atoms with van der Waals surface area (Å²) >= 11 is 12.0. The Morgan fingerprint density at radius 2 is 1.89 bits per heavy atom. The van der Waals surface area contributed by atoms with Gasteiger partial charge in [0.25, 0.3) is 5.91 Å². The van der Waals surface area contributed by atoms with E-state index in [2.05, 4.69) is 4.98 Å². The van der Waals surface area contributed by atoms with Crippen LogP contribution in [0.1, 0.15) is 18.9 Å². The number of imidazole rings is 1. The monoisotopic (exact) mass is 419 g/mol. The molecule has 28 heavy (non-hydrogen) atoms. The summed E-state index contributed by atoms with van der Waals surface area (Å²) < 4.78 is 7.35. The number of amides is 1. The fourth-order valence-electron chi connectivity index (χ4n) is 3.63. The number of nitrogens with one attached hydrogen (secondary N) is 1. The van der Waals surface area contributed by atoms with E-state index in [-0.39, 0.29) is 24.2 Å². The third kappa shape index (κ3) is 3.75. The molecule has 8 heteroatoms. The summed E-state index contributed by atoms with van der Waals surface area (Å²) in [6.07, 6.45) is 1.43. The molecule has 1 aliphatic rings. The van der Waals surface area contributed by atoms with E-state index in [4.69, 9.17) is 27.9 Å². The van der Waals surface area contributed by atoms with E-state index in [0.717, 1.165) is 11.0 Å². The van der Waals surface area contributed by atoms with Crippen molar-refractivity contribution in [2.45, 2.75) is 18.9 Å². The van der Waals surface area contributed by atoms with Gasteiger partial charge in [-0.1, -0.05) is 35.3 Å². The molecule has 1 saturated heterocycles. The van der Waals surface area contributed by atoms with Crippen molar-refractivity contribution < 1.29 is 9.53 Å². The van der Waals surface area contributed by atoms with Crippen LogP contribution in [0.25, 0.3) is 11.0 Å². The molecule has 1 fully saturated rings. The van der Waals surface area contributed by atoms with Gasteiger partial charge < -0.3 is 14.6 Å². The standard InChI is InChI=1S/C20H19Cl2N3O3/c21-13-5-6-15(22)18(11-13)28-12-19(26)24-9-7-14(8-10-24)25-17-4-2-1-3-16(17)23-20(25)27/h1-6,11,14H,7-10,12H2,(H,23,27). The molecule has 146 valence electrons. The van der Waals surface area contributed by atoms with Crippen LogP contribution in [-0.4, -0.2) is 40.1 Å². The molecule has 2 aromatic carbocycles. The lowest BCUT2D eigenvalue weighted by molar-refractivity contribution is -0.134. The zero-order chi connectivity index (χ0) is 19.7. The van der Waals surface area contributed by atoms with Crippen LogP contribution in [0.2, 0.25) is 10.0 Å². The van der Waals surface area contributed by atoms with Gasteiger partial charge in [0.15, 0.2) is 6.61 Å². The van der Waals surface area contributed by atoms with Crippen LogP contribution in [0.15, 0.2) is 47.3 Å². The molecule has 1 aliphatic heterocycles. The number of benzene rings is 2. The van der Waals surface area contributed by atoms with Gasteiger partial charge in [0.1, 0.15) is 5.75 Å². The number of carbonyl (C=O) groups is 1. The Morgan fingerprint density at radius 3 is 2.68 bits per heavy atom. The fraction of sp³-hybridized carbons (Fsp3) is 0.300. The number of fused-ring (bicyclic) bond motifs is 1. The number of piperidine rings is 1. The molecule has 0 unspecified atom stereocenters. The molecule has 4 rings (SSSR count).